The van der Waals surface area contributed by atoms with Crippen molar-refractivity contribution in [2.45, 2.75) is 37.4 Å². The molecule has 1 amide bonds. The highest BCUT2D eigenvalue weighted by molar-refractivity contribution is 7.99. The third-order valence-electron chi connectivity index (χ3n) is 4.61. The van der Waals surface area contributed by atoms with E-state index in [9.17, 15) is 10.1 Å². The number of carbonyl (C=O) groups excluding carboxylic acids is 1. The fourth-order valence-corrected chi connectivity index (χ4v) is 3.81. The van der Waals surface area contributed by atoms with Gasteiger partial charge in [0.15, 0.2) is 10.8 Å². The molecule has 0 spiro atoms. The lowest BCUT2D eigenvalue weighted by Crippen LogP contribution is -2.47. The summed E-state index contributed by atoms with van der Waals surface area (Å²) in [5.74, 6) is 0.902. The van der Waals surface area contributed by atoms with Crippen LogP contribution in [-0.4, -0.2) is 36.8 Å². The number of nitriles is 1. The molecule has 4 rings (SSSR count). The number of thioether (sulfide) groups is 1. The summed E-state index contributed by atoms with van der Waals surface area (Å²) in [5, 5.41) is 18.2. The summed E-state index contributed by atoms with van der Waals surface area (Å²) in [5.41, 5.74) is 0.763. The molecule has 8 heteroatoms. The lowest BCUT2D eigenvalue weighted by molar-refractivity contribution is -0.119. The maximum absolute atomic E-state index is 12.4. The van der Waals surface area contributed by atoms with Crippen LogP contribution < -0.4 is 5.32 Å². The van der Waals surface area contributed by atoms with Gasteiger partial charge in [-0.25, -0.2) is 9.97 Å². The molecule has 1 aliphatic carbocycles. The highest BCUT2D eigenvalue weighted by Gasteiger charge is 2.42. The number of para-hydroxylation sites is 1. The molecule has 1 saturated carbocycles. The van der Waals surface area contributed by atoms with Crippen LogP contribution in [0.4, 0.5) is 0 Å². The fraction of sp³-hybridized carbons (Fsp3) is 0.389. The molecule has 1 aromatic carbocycles. The quantitative estimate of drug-likeness (QED) is 0.550. The predicted octanol–water partition coefficient (Wildman–Crippen LogP) is 2.49. The van der Waals surface area contributed by atoms with Gasteiger partial charge in [0.05, 0.1) is 17.3 Å². The number of nitrogens with one attached hydrogen (secondary N) is 1. The third-order valence-corrected chi connectivity index (χ3v) is 5.54. The van der Waals surface area contributed by atoms with Gasteiger partial charge in [-0.05, 0) is 44.7 Å². The second-order valence-corrected chi connectivity index (χ2v) is 7.67. The SMILES string of the molecule is Cc1nc2c3ccccc3nc(SCC(=O)N[C@](C)(C#N)C3CC3)n2n1. The zero-order valence-corrected chi connectivity index (χ0v) is 15.4. The summed E-state index contributed by atoms with van der Waals surface area (Å²) in [6.07, 6.45) is 1.98. The molecule has 0 saturated heterocycles. The molecule has 7 nitrogen and oxygen atoms in total. The van der Waals surface area contributed by atoms with Crippen LogP contribution in [0.5, 0.6) is 0 Å². The van der Waals surface area contributed by atoms with Crippen molar-refractivity contribution in [2.24, 2.45) is 5.92 Å². The molecule has 0 aliphatic heterocycles. The first-order valence-electron chi connectivity index (χ1n) is 8.47. The van der Waals surface area contributed by atoms with E-state index in [1.165, 1.54) is 11.8 Å². The summed E-state index contributed by atoms with van der Waals surface area (Å²) in [6.45, 7) is 3.62. The number of hydrogen-bond donors (Lipinski definition) is 1. The van der Waals surface area contributed by atoms with E-state index < -0.39 is 5.54 Å². The molecule has 1 fully saturated rings. The molecule has 0 unspecified atom stereocenters. The number of aromatic nitrogens is 4. The Kier molecular flexibility index (Phi) is 4.04. The number of carbonyl (C=O) groups is 1. The molecule has 26 heavy (non-hydrogen) atoms. The number of nitrogens with zero attached hydrogens (tertiary/aromatic N) is 5. The van der Waals surface area contributed by atoms with Gasteiger partial charge in [-0.1, -0.05) is 23.9 Å². The Balaban J connectivity index is 1.58. The van der Waals surface area contributed by atoms with Crippen LogP contribution >= 0.6 is 11.8 Å². The number of rotatable bonds is 5. The lowest BCUT2D eigenvalue weighted by Gasteiger charge is -2.22. The Morgan fingerprint density at radius 2 is 2.19 bits per heavy atom. The molecule has 1 atom stereocenters. The standard InChI is InChI=1S/C18H18N6OS/c1-11-20-16-13-5-3-4-6-14(13)21-17(24(16)23-11)26-9-15(25)22-18(2,10-19)12-7-8-12/h3-6,12H,7-9H2,1-2H3,(H,22,25)/t18-/m1/s1. The van der Waals surface area contributed by atoms with Gasteiger partial charge in [0.1, 0.15) is 11.4 Å². The molecule has 2 heterocycles. The van der Waals surface area contributed by atoms with E-state index in [4.69, 9.17) is 0 Å². The second kappa shape index (κ2) is 6.25. The van der Waals surface area contributed by atoms with Gasteiger partial charge < -0.3 is 5.32 Å². The van der Waals surface area contributed by atoms with Gasteiger partial charge in [-0.3, -0.25) is 4.79 Å². The van der Waals surface area contributed by atoms with E-state index in [0.29, 0.717) is 11.0 Å². The van der Waals surface area contributed by atoms with Crippen molar-refractivity contribution in [3.8, 4) is 6.07 Å². The first-order valence-corrected chi connectivity index (χ1v) is 9.46. The molecular weight excluding hydrogens is 348 g/mol. The number of benzene rings is 1. The summed E-state index contributed by atoms with van der Waals surface area (Å²) in [7, 11) is 0. The van der Waals surface area contributed by atoms with Gasteiger partial charge in [0.2, 0.25) is 5.91 Å². The highest BCUT2D eigenvalue weighted by Crippen LogP contribution is 2.39. The number of amides is 1. The van der Waals surface area contributed by atoms with E-state index in [0.717, 1.165) is 29.4 Å². The molecule has 0 bridgehead atoms. The Morgan fingerprint density at radius 1 is 1.42 bits per heavy atom. The van der Waals surface area contributed by atoms with Crippen LogP contribution in [0.3, 0.4) is 0 Å². The highest BCUT2D eigenvalue weighted by atomic mass is 32.2. The lowest BCUT2D eigenvalue weighted by atomic mass is 9.98. The van der Waals surface area contributed by atoms with E-state index in [-0.39, 0.29) is 17.6 Å². The fourth-order valence-electron chi connectivity index (χ4n) is 3.06. The van der Waals surface area contributed by atoms with Crippen molar-refractivity contribution < 1.29 is 4.79 Å². The van der Waals surface area contributed by atoms with E-state index in [1.807, 2.05) is 31.2 Å². The number of hydrogen-bond acceptors (Lipinski definition) is 6. The summed E-state index contributed by atoms with van der Waals surface area (Å²) in [6, 6.07) is 9.98. The van der Waals surface area contributed by atoms with Crippen LogP contribution in [0.15, 0.2) is 29.4 Å². The maximum atomic E-state index is 12.4. The average Bonchev–Trinajstić information content (AvgIpc) is 3.41. The van der Waals surface area contributed by atoms with E-state index in [1.54, 1.807) is 11.4 Å². The Hall–Kier alpha value is -2.66. The van der Waals surface area contributed by atoms with Gasteiger partial charge in [0, 0.05) is 5.39 Å². The van der Waals surface area contributed by atoms with Gasteiger partial charge in [-0.15, -0.1) is 5.10 Å². The van der Waals surface area contributed by atoms with Crippen molar-refractivity contribution in [3.63, 3.8) is 0 Å². The van der Waals surface area contributed by atoms with Gasteiger partial charge in [-0.2, -0.15) is 9.78 Å². The van der Waals surface area contributed by atoms with Crippen LogP contribution in [0, 0.1) is 24.2 Å². The van der Waals surface area contributed by atoms with Crippen LogP contribution in [0.1, 0.15) is 25.6 Å². The molecule has 132 valence electrons. The second-order valence-electron chi connectivity index (χ2n) is 6.73. The number of aryl methyl sites for hydroxylation is 1. The van der Waals surface area contributed by atoms with Crippen LogP contribution in [0.25, 0.3) is 16.6 Å². The summed E-state index contributed by atoms with van der Waals surface area (Å²) < 4.78 is 1.68. The number of fused-ring (bicyclic) bond motifs is 3. The molecule has 1 aliphatic rings. The van der Waals surface area contributed by atoms with Crippen molar-refractivity contribution in [1.29, 1.82) is 5.26 Å². The summed E-state index contributed by atoms with van der Waals surface area (Å²) in [4.78, 5) is 21.5. The zero-order valence-electron chi connectivity index (χ0n) is 14.6. The normalized spacial score (nSPS) is 16.3. The van der Waals surface area contributed by atoms with Gasteiger partial charge in [0.25, 0.3) is 0 Å². The molecule has 0 radical (unpaired) electrons. The maximum Gasteiger partial charge on any atom is 0.231 e. The first kappa shape index (κ1) is 16.8. The minimum absolute atomic E-state index is 0.170. The van der Waals surface area contributed by atoms with Crippen molar-refractivity contribution in [2.75, 3.05) is 5.75 Å². The largest absolute Gasteiger partial charge is 0.337 e. The smallest absolute Gasteiger partial charge is 0.231 e. The van der Waals surface area contributed by atoms with Crippen LogP contribution in [0.2, 0.25) is 0 Å². The first-order chi connectivity index (χ1) is 12.5. The van der Waals surface area contributed by atoms with Gasteiger partial charge >= 0.3 is 0 Å². The van der Waals surface area contributed by atoms with Crippen molar-refractivity contribution in [3.05, 3.63) is 30.1 Å². The Labute approximate surface area is 154 Å². The van der Waals surface area contributed by atoms with Crippen LogP contribution in [-0.2, 0) is 4.79 Å². The average molecular weight is 366 g/mol. The van der Waals surface area contributed by atoms with Crippen molar-refractivity contribution in [1.82, 2.24) is 24.9 Å². The molecular formula is C18H18N6OS. The Bertz CT molecular complexity index is 1050. The molecule has 1 N–H and O–H groups in total. The molecule has 2 aromatic heterocycles. The Morgan fingerprint density at radius 3 is 2.92 bits per heavy atom. The molecule has 3 aromatic rings. The minimum Gasteiger partial charge on any atom is -0.337 e. The minimum atomic E-state index is -0.784. The van der Waals surface area contributed by atoms with E-state index >= 15 is 0 Å². The summed E-state index contributed by atoms with van der Waals surface area (Å²) >= 11 is 1.30. The topological polar surface area (TPSA) is 96.0 Å². The third kappa shape index (κ3) is 2.99. The van der Waals surface area contributed by atoms with E-state index in [2.05, 4.69) is 26.5 Å². The monoisotopic (exact) mass is 366 g/mol. The van der Waals surface area contributed by atoms with Crippen molar-refractivity contribution >= 4 is 34.2 Å². The zero-order chi connectivity index (χ0) is 18.3. The predicted molar refractivity (Wildman–Crippen MR) is 98.6 cm³/mol.